The second-order valence-corrected chi connectivity index (χ2v) is 9.14. The molecule has 8 nitrogen and oxygen atoms in total. The van der Waals surface area contributed by atoms with Crippen molar-refractivity contribution in [3.63, 3.8) is 0 Å². The third-order valence-electron chi connectivity index (χ3n) is 6.59. The van der Waals surface area contributed by atoms with Gasteiger partial charge in [-0.2, -0.15) is 5.10 Å². The quantitative estimate of drug-likeness (QED) is 0.585. The fraction of sp³-hybridized carbons (Fsp3) is 0.423. The summed E-state index contributed by atoms with van der Waals surface area (Å²) in [6.07, 6.45) is 2.75. The molecule has 2 amide bonds. The van der Waals surface area contributed by atoms with Gasteiger partial charge in [0.05, 0.1) is 13.1 Å². The Balaban J connectivity index is 1.36. The predicted octanol–water partition coefficient (Wildman–Crippen LogP) is 2.55. The average molecular weight is 462 g/mol. The summed E-state index contributed by atoms with van der Waals surface area (Å²) in [5.74, 6) is 1.56. The summed E-state index contributed by atoms with van der Waals surface area (Å²) in [6.45, 7) is 6.02. The first-order valence-corrected chi connectivity index (χ1v) is 12.0. The van der Waals surface area contributed by atoms with E-state index in [4.69, 9.17) is 9.52 Å². The Morgan fingerprint density at radius 1 is 1.12 bits per heavy atom. The Bertz CT molecular complexity index is 1170. The van der Waals surface area contributed by atoms with Gasteiger partial charge < -0.3 is 14.6 Å². The van der Waals surface area contributed by atoms with Gasteiger partial charge in [-0.1, -0.05) is 30.3 Å². The molecule has 2 aromatic heterocycles. The Morgan fingerprint density at radius 3 is 2.74 bits per heavy atom. The van der Waals surface area contributed by atoms with Crippen LogP contribution < -0.4 is 5.32 Å². The Kier molecular flexibility index (Phi) is 6.49. The molecule has 2 aliphatic heterocycles. The lowest BCUT2D eigenvalue weighted by atomic mass is 10.0. The van der Waals surface area contributed by atoms with Crippen LogP contribution in [0, 0.1) is 6.92 Å². The first-order valence-electron chi connectivity index (χ1n) is 12.0. The lowest BCUT2D eigenvalue weighted by Crippen LogP contribution is -2.50. The number of amides is 2. The summed E-state index contributed by atoms with van der Waals surface area (Å²) < 4.78 is 7.81. The van der Waals surface area contributed by atoms with E-state index < -0.39 is 0 Å². The maximum atomic E-state index is 13.4. The van der Waals surface area contributed by atoms with Gasteiger partial charge in [-0.25, -0.2) is 0 Å². The summed E-state index contributed by atoms with van der Waals surface area (Å²) >= 11 is 0. The van der Waals surface area contributed by atoms with Gasteiger partial charge in [-0.05, 0) is 37.5 Å². The predicted molar refractivity (Wildman–Crippen MR) is 127 cm³/mol. The monoisotopic (exact) mass is 461 g/mol. The van der Waals surface area contributed by atoms with Crippen molar-refractivity contribution in [1.29, 1.82) is 0 Å². The van der Waals surface area contributed by atoms with E-state index in [1.165, 1.54) is 5.56 Å². The number of furan rings is 1. The topological polar surface area (TPSA) is 83.6 Å². The molecule has 8 heteroatoms. The molecular weight excluding hydrogens is 430 g/mol. The van der Waals surface area contributed by atoms with Crippen LogP contribution in [0.25, 0.3) is 0 Å². The van der Waals surface area contributed by atoms with Crippen LogP contribution in [0.5, 0.6) is 0 Å². The summed E-state index contributed by atoms with van der Waals surface area (Å²) in [7, 11) is 0. The van der Waals surface area contributed by atoms with Gasteiger partial charge >= 0.3 is 0 Å². The normalized spacial score (nSPS) is 16.4. The molecule has 1 saturated heterocycles. The van der Waals surface area contributed by atoms with Crippen LogP contribution in [0.15, 0.2) is 46.9 Å². The Hall–Kier alpha value is -3.39. The third kappa shape index (κ3) is 4.92. The molecule has 0 radical (unpaired) electrons. The molecule has 0 bridgehead atoms. The lowest BCUT2D eigenvalue weighted by Gasteiger charge is -2.28. The number of hydrogen-bond donors (Lipinski definition) is 1. The number of benzene rings is 1. The minimum atomic E-state index is -0.149. The van der Waals surface area contributed by atoms with E-state index in [1.54, 1.807) is 4.90 Å². The number of nitrogens with one attached hydrogen (secondary N) is 1. The Labute approximate surface area is 199 Å². The molecule has 0 aliphatic carbocycles. The van der Waals surface area contributed by atoms with E-state index >= 15 is 0 Å². The molecule has 3 aromatic rings. The highest BCUT2D eigenvalue weighted by Crippen LogP contribution is 2.26. The molecule has 0 saturated carbocycles. The molecule has 178 valence electrons. The van der Waals surface area contributed by atoms with Gasteiger partial charge in [0.15, 0.2) is 5.69 Å². The maximum absolute atomic E-state index is 13.4. The van der Waals surface area contributed by atoms with Gasteiger partial charge in [-0.15, -0.1) is 0 Å². The zero-order chi connectivity index (χ0) is 23.5. The summed E-state index contributed by atoms with van der Waals surface area (Å²) in [5.41, 5.74) is 3.93. The van der Waals surface area contributed by atoms with Crippen LogP contribution in [0.4, 0.5) is 0 Å². The maximum Gasteiger partial charge on any atom is 0.275 e. The van der Waals surface area contributed by atoms with E-state index in [0.717, 1.165) is 55.1 Å². The van der Waals surface area contributed by atoms with Crippen molar-refractivity contribution in [1.82, 2.24) is 24.9 Å². The fourth-order valence-corrected chi connectivity index (χ4v) is 4.87. The van der Waals surface area contributed by atoms with Crippen molar-refractivity contribution in [2.24, 2.45) is 0 Å². The van der Waals surface area contributed by atoms with Crippen molar-refractivity contribution in [3.05, 3.63) is 76.5 Å². The SMILES string of the molecule is Cc1ccc(CN2CCc3c(c(C(=O)N4CCNC(=O)C4)nn3CCCc3ccccc3)C2)o1. The zero-order valence-electron chi connectivity index (χ0n) is 19.6. The molecule has 5 rings (SSSR count). The number of piperazine rings is 1. The lowest BCUT2D eigenvalue weighted by molar-refractivity contribution is -0.123. The summed E-state index contributed by atoms with van der Waals surface area (Å²) in [6, 6.07) is 14.4. The minimum Gasteiger partial charge on any atom is -0.465 e. The van der Waals surface area contributed by atoms with Gasteiger partial charge in [0.25, 0.3) is 5.91 Å². The third-order valence-corrected chi connectivity index (χ3v) is 6.59. The second kappa shape index (κ2) is 9.85. The van der Waals surface area contributed by atoms with Crippen LogP contribution in [0.2, 0.25) is 0 Å². The largest absolute Gasteiger partial charge is 0.465 e. The Morgan fingerprint density at radius 2 is 1.97 bits per heavy atom. The van der Waals surface area contributed by atoms with Crippen molar-refractivity contribution >= 4 is 11.8 Å². The molecule has 4 heterocycles. The number of hydrogen-bond acceptors (Lipinski definition) is 5. The number of aryl methyl sites for hydroxylation is 3. The highest BCUT2D eigenvalue weighted by atomic mass is 16.3. The number of rotatable bonds is 7. The second-order valence-electron chi connectivity index (χ2n) is 9.14. The summed E-state index contributed by atoms with van der Waals surface area (Å²) in [4.78, 5) is 29.2. The van der Waals surface area contributed by atoms with E-state index in [0.29, 0.717) is 31.9 Å². The van der Waals surface area contributed by atoms with Crippen LogP contribution in [0.3, 0.4) is 0 Å². The van der Waals surface area contributed by atoms with Crippen molar-refractivity contribution in [2.75, 3.05) is 26.2 Å². The number of fused-ring (bicyclic) bond motifs is 1. The molecule has 0 atom stereocenters. The van der Waals surface area contributed by atoms with Crippen molar-refractivity contribution in [3.8, 4) is 0 Å². The van der Waals surface area contributed by atoms with Crippen LogP contribution in [-0.4, -0.2) is 57.6 Å². The average Bonchev–Trinajstić information content (AvgIpc) is 3.42. The van der Waals surface area contributed by atoms with E-state index in [2.05, 4.69) is 34.5 Å². The number of carbonyl (C=O) groups excluding carboxylic acids is 2. The molecule has 1 N–H and O–H groups in total. The van der Waals surface area contributed by atoms with E-state index in [9.17, 15) is 9.59 Å². The van der Waals surface area contributed by atoms with Gasteiger partial charge in [-0.3, -0.25) is 19.2 Å². The van der Waals surface area contributed by atoms with Gasteiger partial charge in [0.2, 0.25) is 5.91 Å². The van der Waals surface area contributed by atoms with Crippen LogP contribution >= 0.6 is 0 Å². The van der Waals surface area contributed by atoms with Crippen LogP contribution in [-0.2, 0) is 37.3 Å². The highest BCUT2D eigenvalue weighted by Gasteiger charge is 2.32. The van der Waals surface area contributed by atoms with E-state index in [-0.39, 0.29) is 18.4 Å². The zero-order valence-corrected chi connectivity index (χ0v) is 19.6. The summed E-state index contributed by atoms with van der Waals surface area (Å²) in [5, 5.41) is 7.60. The first kappa shape index (κ1) is 22.4. The van der Waals surface area contributed by atoms with E-state index in [1.807, 2.05) is 29.8 Å². The minimum absolute atomic E-state index is 0.0872. The molecular formula is C26H31N5O3. The van der Waals surface area contributed by atoms with Crippen molar-refractivity contribution in [2.45, 2.75) is 45.8 Å². The smallest absolute Gasteiger partial charge is 0.275 e. The van der Waals surface area contributed by atoms with Crippen LogP contribution in [0.1, 0.15) is 45.3 Å². The molecule has 0 unspecified atom stereocenters. The highest BCUT2D eigenvalue weighted by molar-refractivity contribution is 5.97. The van der Waals surface area contributed by atoms with Crippen molar-refractivity contribution < 1.29 is 14.0 Å². The number of aromatic nitrogens is 2. The number of nitrogens with zero attached hydrogens (tertiary/aromatic N) is 4. The first-order chi connectivity index (χ1) is 16.6. The molecule has 0 spiro atoms. The van der Waals surface area contributed by atoms with Gasteiger partial charge in [0, 0.05) is 50.4 Å². The molecule has 1 fully saturated rings. The van der Waals surface area contributed by atoms with Gasteiger partial charge in [0.1, 0.15) is 11.5 Å². The molecule has 34 heavy (non-hydrogen) atoms. The molecule has 1 aromatic carbocycles. The standard InChI is InChI=1S/C26H31N5O3/c1-19-9-10-21(34-19)16-29-14-11-23-22(17-29)25(26(33)30-15-12-27-24(32)18-30)28-31(23)13-5-8-20-6-3-2-4-7-20/h2-4,6-7,9-10H,5,8,11-18H2,1H3,(H,27,32). The number of carbonyl (C=O) groups is 2. The fourth-order valence-electron chi connectivity index (χ4n) is 4.87. The molecule has 2 aliphatic rings.